The summed E-state index contributed by atoms with van der Waals surface area (Å²) >= 11 is 0. The van der Waals surface area contributed by atoms with Crippen molar-refractivity contribution in [2.24, 2.45) is 17.8 Å². The minimum atomic E-state index is -0.811. The van der Waals surface area contributed by atoms with Crippen LogP contribution in [0.25, 0.3) is 22.3 Å². The molecule has 2 heterocycles. The standard InChI is InChI=1S/C23H26FN5O2/c1-29(2)17-5-3-4-14-15(10-25-20(14)17)21-26-11-16(24)22(28-21)27-19-13-8-6-12(7-9-13)18(19)23(30)31/h3-5,10-13,18-19,25H,6-9H2,1-2H3,(H,30,31)(H,26,27,28)/t12?,13?,18-,19-/m1/s1. The monoisotopic (exact) mass is 423 g/mol. The van der Waals surface area contributed by atoms with Crippen LogP contribution in [0.15, 0.2) is 30.6 Å². The first kappa shape index (κ1) is 19.8. The summed E-state index contributed by atoms with van der Waals surface area (Å²) in [7, 11) is 3.95. The third kappa shape index (κ3) is 3.30. The number of rotatable bonds is 5. The van der Waals surface area contributed by atoms with Gasteiger partial charge in [-0.1, -0.05) is 12.1 Å². The highest BCUT2D eigenvalue weighted by Crippen LogP contribution is 2.46. The van der Waals surface area contributed by atoms with Gasteiger partial charge in [0.2, 0.25) is 0 Å². The molecule has 2 atom stereocenters. The molecule has 0 saturated heterocycles. The minimum absolute atomic E-state index is 0.0758. The molecule has 2 aromatic heterocycles. The summed E-state index contributed by atoms with van der Waals surface area (Å²) in [6.07, 6.45) is 6.80. The number of halogens is 1. The summed E-state index contributed by atoms with van der Waals surface area (Å²) in [5, 5.41) is 13.9. The minimum Gasteiger partial charge on any atom is -0.481 e. The van der Waals surface area contributed by atoms with Crippen LogP contribution in [0.1, 0.15) is 25.7 Å². The normalized spacial score (nSPS) is 25.0. The molecule has 0 amide bonds. The lowest BCUT2D eigenvalue weighted by atomic mass is 9.61. The van der Waals surface area contributed by atoms with E-state index in [9.17, 15) is 14.3 Å². The zero-order valence-corrected chi connectivity index (χ0v) is 17.6. The number of anilines is 2. The van der Waals surface area contributed by atoms with E-state index < -0.39 is 17.7 Å². The first-order chi connectivity index (χ1) is 14.9. The van der Waals surface area contributed by atoms with Crippen LogP contribution in [-0.2, 0) is 4.79 Å². The van der Waals surface area contributed by atoms with Crippen molar-refractivity contribution >= 4 is 28.4 Å². The number of benzene rings is 1. The molecule has 0 aliphatic heterocycles. The predicted molar refractivity (Wildman–Crippen MR) is 118 cm³/mol. The largest absolute Gasteiger partial charge is 0.481 e. The number of aromatic nitrogens is 3. The number of hydrogen-bond donors (Lipinski definition) is 3. The van der Waals surface area contributed by atoms with Gasteiger partial charge in [-0.2, -0.15) is 0 Å². The number of fused-ring (bicyclic) bond motifs is 4. The number of carboxylic acids is 1. The van der Waals surface area contributed by atoms with Gasteiger partial charge in [-0.15, -0.1) is 0 Å². The molecule has 3 fully saturated rings. The van der Waals surface area contributed by atoms with Crippen LogP contribution >= 0.6 is 0 Å². The number of nitrogens with zero attached hydrogens (tertiary/aromatic N) is 3. The number of aliphatic carboxylic acids is 1. The van der Waals surface area contributed by atoms with Crippen LogP contribution in [0.5, 0.6) is 0 Å². The van der Waals surface area contributed by atoms with Gasteiger partial charge < -0.3 is 20.3 Å². The Morgan fingerprint density at radius 2 is 1.97 bits per heavy atom. The fourth-order valence-corrected chi connectivity index (χ4v) is 5.46. The van der Waals surface area contributed by atoms with Crippen molar-refractivity contribution in [3.8, 4) is 11.4 Å². The smallest absolute Gasteiger partial charge is 0.308 e. The Bertz CT molecular complexity index is 1140. The van der Waals surface area contributed by atoms with Crippen LogP contribution in [0.3, 0.4) is 0 Å². The van der Waals surface area contributed by atoms with Crippen molar-refractivity contribution in [1.82, 2.24) is 15.0 Å². The van der Waals surface area contributed by atoms with Gasteiger partial charge >= 0.3 is 5.97 Å². The molecule has 1 aromatic carbocycles. The number of aromatic amines is 1. The zero-order valence-electron chi connectivity index (χ0n) is 17.6. The van der Waals surface area contributed by atoms with E-state index in [-0.39, 0.29) is 23.7 Å². The molecule has 3 aromatic rings. The average Bonchev–Trinajstić information content (AvgIpc) is 3.20. The van der Waals surface area contributed by atoms with Crippen molar-refractivity contribution in [2.75, 3.05) is 24.3 Å². The van der Waals surface area contributed by atoms with E-state index in [0.717, 1.165) is 54.0 Å². The van der Waals surface area contributed by atoms with Gasteiger partial charge in [0.25, 0.3) is 0 Å². The molecule has 162 valence electrons. The van der Waals surface area contributed by atoms with E-state index in [4.69, 9.17) is 0 Å². The molecular weight excluding hydrogens is 397 g/mol. The molecular formula is C23H26FN5O2. The van der Waals surface area contributed by atoms with Gasteiger partial charge in [0.15, 0.2) is 17.5 Å². The Morgan fingerprint density at radius 3 is 2.68 bits per heavy atom. The number of carbonyl (C=O) groups is 1. The first-order valence-electron chi connectivity index (χ1n) is 10.7. The summed E-state index contributed by atoms with van der Waals surface area (Å²) in [6, 6.07) is 5.65. The lowest BCUT2D eigenvalue weighted by Gasteiger charge is -2.47. The Morgan fingerprint density at radius 1 is 1.23 bits per heavy atom. The SMILES string of the molecule is CN(C)c1cccc2c(-c3ncc(F)c(N[C@@H]4C5CCC(CC5)[C@H]4C(=O)O)n3)c[nH]c12. The van der Waals surface area contributed by atoms with Crippen molar-refractivity contribution in [3.05, 3.63) is 36.4 Å². The number of hydrogen-bond acceptors (Lipinski definition) is 5. The van der Waals surface area contributed by atoms with Gasteiger partial charge in [-0.3, -0.25) is 4.79 Å². The highest BCUT2D eigenvalue weighted by Gasteiger charge is 2.47. The molecule has 3 saturated carbocycles. The topological polar surface area (TPSA) is 94.1 Å². The van der Waals surface area contributed by atoms with Crippen LogP contribution in [0, 0.1) is 23.6 Å². The maximum absolute atomic E-state index is 14.7. The van der Waals surface area contributed by atoms with Gasteiger partial charge in [-0.05, 0) is 43.6 Å². The Labute approximate surface area is 179 Å². The van der Waals surface area contributed by atoms with E-state index in [2.05, 4.69) is 20.3 Å². The number of carboxylic acid groups (broad SMARTS) is 1. The Balaban J connectivity index is 1.51. The highest BCUT2D eigenvalue weighted by molar-refractivity contribution is 6.00. The summed E-state index contributed by atoms with van der Waals surface area (Å²) in [6.45, 7) is 0. The molecule has 8 heteroatoms. The second-order valence-electron chi connectivity index (χ2n) is 8.90. The van der Waals surface area contributed by atoms with E-state index in [0.29, 0.717) is 5.82 Å². The average molecular weight is 423 g/mol. The lowest BCUT2D eigenvalue weighted by Crippen LogP contribution is -2.51. The Hall–Kier alpha value is -3.16. The molecule has 0 unspecified atom stereocenters. The number of para-hydroxylation sites is 1. The van der Waals surface area contributed by atoms with Crippen molar-refractivity contribution in [1.29, 1.82) is 0 Å². The molecule has 3 aliphatic rings. The quantitative estimate of drug-likeness (QED) is 0.571. The van der Waals surface area contributed by atoms with Crippen LogP contribution in [0.4, 0.5) is 15.9 Å². The summed E-state index contributed by atoms with van der Waals surface area (Å²) in [4.78, 5) is 26.0. The van der Waals surface area contributed by atoms with Gasteiger partial charge in [0.05, 0.1) is 23.3 Å². The molecule has 0 radical (unpaired) electrons. The zero-order chi connectivity index (χ0) is 21.7. The fourth-order valence-electron chi connectivity index (χ4n) is 5.46. The summed E-state index contributed by atoms with van der Waals surface area (Å²) < 4.78 is 14.7. The lowest BCUT2D eigenvalue weighted by molar-refractivity contribution is -0.148. The van der Waals surface area contributed by atoms with Crippen molar-refractivity contribution in [2.45, 2.75) is 31.7 Å². The van der Waals surface area contributed by atoms with E-state index in [1.165, 1.54) is 0 Å². The number of nitrogens with one attached hydrogen (secondary N) is 2. The molecule has 3 aliphatic carbocycles. The molecule has 2 bridgehead atoms. The van der Waals surface area contributed by atoms with Gasteiger partial charge in [-0.25, -0.2) is 14.4 Å². The molecule has 31 heavy (non-hydrogen) atoms. The second kappa shape index (κ2) is 7.51. The van der Waals surface area contributed by atoms with Crippen LogP contribution in [0.2, 0.25) is 0 Å². The maximum atomic E-state index is 14.7. The van der Waals surface area contributed by atoms with Crippen LogP contribution in [-0.4, -0.2) is 46.2 Å². The molecule has 7 nitrogen and oxygen atoms in total. The predicted octanol–water partition coefficient (Wildman–Crippen LogP) is 4.13. The van der Waals surface area contributed by atoms with E-state index in [1.807, 2.05) is 43.4 Å². The molecule has 6 rings (SSSR count). The highest BCUT2D eigenvalue weighted by atomic mass is 19.1. The fraction of sp³-hybridized carbons (Fsp3) is 0.435. The van der Waals surface area contributed by atoms with Gasteiger partial charge in [0.1, 0.15) is 0 Å². The van der Waals surface area contributed by atoms with Crippen molar-refractivity contribution in [3.63, 3.8) is 0 Å². The van der Waals surface area contributed by atoms with Crippen LogP contribution < -0.4 is 10.2 Å². The first-order valence-corrected chi connectivity index (χ1v) is 10.7. The number of H-pyrrole nitrogens is 1. The van der Waals surface area contributed by atoms with E-state index >= 15 is 0 Å². The molecule has 3 N–H and O–H groups in total. The van der Waals surface area contributed by atoms with E-state index in [1.54, 1.807) is 0 Å². The summed E-state index contributed by atoms with van der Waals surface area (Å²) in [5.74, 6) is -1.05. The third-order valence-electron chi connectivity index (χ3n) is 6.97. The third-order valence-corrected chi connectivity index (χ3v) is 6.97. The second-order valence-corrected chi connectivity index (χ2v) is 8.90. The summed E-state index contributed by atoms with van der Waals surface area (Å²) in [5.41, 5.74) is 2.77. The van der Waals surface area contributed by atoms with Crippen molar-refractivity contribution < 1.29 is 14.3 Å². The molecule has 0 spiro atoms. The Kier molecular flexibility index (Phi) is 4.79. The maximum Gasteiger partial charge on any atom is 0.308 e. The van der Waals surface area contributed by atoms with Gasteiger partial charge in [0, 0.05) is 37.3 Å².